The maximum atomic E-state index is 13.0. The molecular weight excluding hydrogens is 141 g/mol. The van der Waals surface area contributed by atoms with Crippen molar-refractivity contribution in [3.63, 3.8) is 0 Å². The second-order valence-electron chi connectivity index (χ2n) is 3.99. The van der Waals surface area contributed by atoms with Gasteiger partial charge >= 0.3 is 0 Å². The molecule has 1 nitrogen and oxygen atoms in total. The first-order valence-electron chi connectivity index (χ1n) is 4.48. The molecule has 1 saturated heterocycles. The Morgan fingerprint density at radius 1 is 1.45 bits per heavy atom. The van der Waals surface area contributed by atoms with Crippen molar-refractivity contribution in [2.45, 2.75) is 39.4 Å². The summed E-state index contributed by atoms with van der Waals surface area (Å²) in [6.45, 7) is 6.91. The molecule has 1 fully saturated rings. The maximum absolute atomic E-state index is 13.0. The van der Waals surface area contributed by atoms with Crippen LogP contribution in [0.25, 0.3) is 0 Å². The fraction of sp³-hybridized carbons (Fsp3) is 1.00. The fourth-order valence-corrected chi connectivity index (χ4v) is 1.60. The molecule has 3 atom stereocenters. The van der Waals surface area contributed by atoms with Gasteiger partial charge in [0, 0.05) is 12.6 Å². The van der Waals surface area contributed by atoms with Gasteiger partial charge in [-0.25, -0.2) is 4.39 Å². The van der Waals surface area contributed by atoms with Crippen molar-refractivity contribution in [3.8, 4) is 0 Å². The van der Waals surface area contributed by atoms with Crippen LogP contribution in [0.15, 0.2) is 0 Å². The van der Waals surface area contributed by atoms with Crippen molar-refractivity contribution in [2.24, 2.45) is 11.8 Å². The molecule has 1 unspecified atom stereocenters. The molecule has 0 aliphatic carbocycles. The van der Waals surface area contributed by atoms with Crippen LogP contribution in [0.1, 0.15) is 27.2 Å². The Bertz CT molecular complexity index is 125. The van der Waals surface area contributed by atoms with Crippen LogP contribution < -0.4 is 5.32 Å². The molecule has 1 rings (SSSR count). The van der Waals surface area contributed by atoms with E-state index in [-0.39, 0.29) is 5.92 Å². The number of nitrogens with one attached hydrogen (secondary N) is 1. The monoisotopic (exact) mass is 159 g/mol. The lowest BCUT2D eigenvalue weighted by atomic mass is 9.87. The predicted molar refractivity (Wildman–Crippen MR) is 45.3 cm³/mol. The smallest absolute Gasteiger partial charge is 0.115 e. The largest absolute Gasteiger partial charge is 0.311 e. The minimum Gasteiger partial charge on any atom is -0.311 e. The Balaban J connectivity index is 2.40. The minimum atomic E-state index is -0.634. The van der Waals surface area contributed by atoms with Crippen molar-refractivity contribution in [1.82, 2.24) is 5.32 Å². The van der Waals surface area contributed by atoms with E-state index in [2.05, 4.69) is 19.2 Å². The van der Waals surface area contributed by atoms with Gasteiger partial charge in [-0.3, -0.25) is 0 Å². The van der Waals surface area contributed by atoms with Crippen LogP contribution in [0.3, 0.4) is 0 Å². The number of hydrogen-bond acceptors (Lipinski definition) is 1. The summed E-state index contributed by atoms with van der Waals surface area (Å²) in [4.78, 5) is 0. The molecule has 1 heterocycles. The van der Waals surface area contributed by atoms with Crippen LogP contribution in [0.5, 0.6) is 0 Å². The van der Waals surface area contributed by atoms with Crippen LogP contribution in [0.4, 0.5) is 4.39 Å². The van der Waals surface area contributed by atoms with Crippen molar-refractivity contribution in [3.05, 3.63) is 0 Å². The Morgan fingerprint density at radius 2 is 2.09 bits per heavy atom. The Hall–Kier alpha value is -0.110. The number of alkyl halides is 1. The van der Waals surface area contributed by atoms with E-state index in [1.165, 1.54) is 0 Å². The number of piperidine rings is 1. The van der Waals surface area contributed by atoms with E-state index in [1.807, 2.05) is 6.92 Å². The molecule has 0 radical (unpaired) electrons. The van der Waals surface area contributed by atoms with Gasteiger partial charge in [0.1, 0.15) is 6.17 Å². The summed E-state index contributed by atoms with van der Waals surface area (Å²) in [6, 6.07) is 0.525. The molecule has 0 aromatic carbocycles. The molecule has 0 aromatic heterocycles. The summed E-state index contributed by atoms with van der Waals surface area (Å²) in [5.41, 5.74) is 0. The SMILES string of the molecule is CC(C)[C@H]1C[C@H](C)C(F)CN1. The van der Waals surface area contributed by atoms with Crippen LogP contribution in [-0.2, 0) is 0 Å². The highest BCUT2D eigenvalue weighted by atomic mass is 19.1. The standard InChI is InChI=1S/C9H18FN/c1-6(2)9-4-7(3)8(10)5-11-9/h6-9,11H,4-5H2,1-3H3/t7-,8?,9+/m0/s1. The summed E-state index contributed by atoms with van der Waals surface area (Å²) < 4.78 is 13.0. The summed E-state index contributed by atoms with van der Waals surface area (Å²) in [6.07, 6.45) is 0.351. The molecule has 0 aromatic rings. The fourth-order valence-electron chi connectivity index (χ4n) is 1.60. The minimum absolute atomic E-state index is 0.239. The highest BCUT2D eigenvalue weighted by Gasteiger charge is 2.27. The lowest BCUT2D eigenvalue weighted by Crippen LogP contribution is -2.46. The van der Waals surface area contributed by atoms with Gasteiger partial charge in [-0.05, 0) is 18.3 Å². The van der Waals surface area contributed by atoms with Crippen molar-refractivity contribution in [1.29, 1.82) is 0 Å². The van der Waals surface area contributed by atoms with Crippen LogP contribution >= 0.6 is 0 Å². The van der Waals surface area contributed by atoms with E-state index in [0.29, 0.717) is 18.5 Å². The van der Waals surface area contributed by atoms with Crippen LogP contribution in [-0.4, -0.2) is 18.8 Å². The highest BCUT2D eigenvalue weighted by Crippen LogP contribution is 2.22. The molecule has 0 spiro atoms. The van der Waals surface area contributed by atoms with Crippen LogP contribution in [0.2, 0.25) is 0 Å². The molecule has 0 amide bonds. The van der Waals surface area contributed by atoms with E-state index in [4.69, 9.17) is 0 Å². The summed E-state index contributed by atoms with van der Waals surface area (Å²) in [5, 5.41) is 3.22. The highest BCUT2D eigenvalue weighted by molar-refractivity contribution is 4.83. The first kappa shape index (κ1) is 8.98. The Kier molecular flexibility index (Phi) is 2.88. The molecule has 1 aliphatic heterocycles. The molecule has 1 aliphatic rings. The zero-order chi connectivity index (χ0) is 8.43. The van der Waals surface area contributed by atoms with Crippen molar-refractivity contribution in [2.75, 3.05) is 6.54 Å². The average Bonchev–Trinajstić information content (AvgIpc) is 1.94. The van der Waals surface area contributed by atoms with Crippen LogP contribution in [0, 0.1) is 11.8 Å². The Labute approximate surface area is 68.4 Å². The zero-order valence-corrected chi connectivity index (χ0v) is 7.60. The van der Waals surface area contributed by atoms with Gasteiger partial charge in [-0.1, -0.05) is 20.8 Å². The average molecular weight is 159 g/mol. The first-order valence-corrected chi connectivity index (χ1v) is 4.48. The van der Waals surface area contributed by atoms with Gasteiger partial charge in [-0.15, -0.1) is 0 Å². The van der Waals surface area contributed by atoms with Gasteiger partial charge in [0.05, 0.1) is 0 Å². The molecule has 2 heteroatoms. The zero-order valence-electron chi connectivity index (χ0n) is 7.60. The van der Waals surface area contributed by atoms with Gasteiger partial charge in [0.15, 0.2) is 0 Å². The lowest BCUT2D eigenvalue weighted by molar-refractivity contribution is 0.146. The van der Waals surface area contributed by atoms with Gasteiger partial charge in [0.25, 0.3) is 0 Å². The van der Waals surface area contributed by atoms with E-state index >= 15 is 0 Å². The van der Waals surface area contributed by atoms with E-state index < -0.39 is 6.17 Å². The van der Waals surface area contributed by atoms with Crippen molar-refractivity contribution >= 4 is 0 Å². The van der Waals surface area contributed by atoms with E-state index in [0.717, 1.165) is 6.42 Å². The summed E-state index contributed by atoms with van der Waals surface area (Å²) >= 11 is 0. The molecule has 1 N–H and O–H groups in total. The summed E-state index contributed by atoms with van der Waals surface area (Å²) in [7, 11) is 0. The van der Waals surface area contributed by atoms with Gasteiger partial charge in [-0.2, -0.15) is 0 Å². The first-order chi connectivity index (χ1) is 5.11. The third-order valence-electron chi connectivity index (χ3n) is 2.62. The number of halogens is 1. The van der Waals surface area contributed by atoms with Gasteiger partial charge in [0.2, 0.25) is 0 Å². The topological polar surface area (TPSA) is 12.0 Å². The maximum Gasteiger partial charge on any atom is 0.115 e. The molecular formula is C9H18FN. The number of hydrogen-bond donors (Lipinski definition) is 1. The molecule has 0 bridgehead atoms. The second kappa shape index (κ2) is 3.53. The van der Waals surface area contributed by atoms with E-state index in [9.17, 15) is 4.39 Å². The number of rotatable bonds is 1. The lowest BCUT2D eigenvalue weighted by Gasteiger charge is -2.33. The molecule has 0 saturated carbocycles. The molecule has 66 valence electrons. The predicted octanol–water partition coefficient (Wildman–Crippen LogP) is 1.98. The quantitative estimate of drug-likeness (QED) is 0.617. The third kappa shape index (κ3) is 2.16. The normalized spacial score (nSPS) is 39.5. The van der Waals surface area contributed by atoms with E-state index in [1.54, 1.807) is 0 Å². The van der Waals surface area contributed by atoms with Crippen molar-refractivity contribution < 1.29 is 4.39 Å². The summed E-state index contributed by atoms with van der Waals surface area (Å²) in [5.74, 6) is 0.869. The molecule has 11 heavy (non-hydrogen) atoms. The van der Waals surface area contributed by atoms with Gasteiger partial charge < -0.3 is 5.32 Å². The third-order valence-corrected chi connectivity index (χ3v) is 2.62. The second-order valence-corrected chi connectivity index (χ2v) is 3.99. The Morgan fingerprint density at radius 3 is 2.55 bits per heavy atom.